The average molecular weight is 312 g/mol. The van der Waals surface area contributed by atoms with Crippen molar-refractivity contribution in [2.24, 2.45) is 0 Å². The second kappa shape index (κ2) is 6.66. The molecule has 122 valence electrons. The molecule has 0 unspecified atom stereocenters. The van der Waals surface area contributed by atoms with Crippen LogP contribution in [0.3, 0.4) is 0 Å². The van der Waals surface area contributed by atoms with Crippen molar-refractivity contribution in [1.82, 2.24) is 24.6 Å². The summed E-state index contributed by atoms with van der Waals surface area (Å²) in [5.41, 5.74) is 0. The lowest BCUT2D eigenvalue weighted by Gasteiger charge is -2.39. The number of aromatic nitrogens is 4. The van der Waals surface area contributed by atoms with Gasteiger partial charge < -0.3 is 9.80 Å². The number of nitrogens with zero attached hydrogens (tertiary/aromatic N) is 6. The molecular formula is C17H24N6. The summed E-state index contributed by atoms with van der Waals surface area (Å²) < 4.78 is 2.02. The van der Waals surface area contributed by atoms with Gasteiger partial charge >= 0.3 is 0 Å². The fraction of sp³-hybridized carbons (Fsp3) is 0.588. The monoisotopic (exact) mass is 312 g/mol. The van der Waals surface area contributed by atoms with E-state index in [1.807, 2.05) is 29.3 Å². The van der Waals surface area contributed by atoms with E-state index in [4.69, 9.17) is 0 Å². The maximum absolute atomic E-state index is 4.49. The highest BCUT2D eigenvalue weighted by molar-refractivity contribution is 5.41. The summed E-state index contributed by atoms with van der Waals surface area (Å²) in [4.78, 5) is 13.7. The van der Waals surface area contributed by atoms with Crippen LogP contribution in [0, 0.1) is 0 Å². The van der Waals surface area contributed by atoms with Crippen LogP contribution in [0.1, 0.15) is 25.7 Å². The van der Waals surface area contributed by atoms with E-state index < -0.39 is 0 Å². The number of rotatable bonds is 6. The smallest absolute Gasteiger partial charge is 0.132 e. The molecule has 6 heteroatoms. The van der Waals surface area contributed by atoms with Gasteiger partial charge in [-0.15, -0.1) is 0 Å². The first-order chi connectivity index (χ1) is 11.4. The number of likely N-dealkylation sites (tertiary alicyclic amines) is 1. The van der Waals surface area contributed by atoms with Crippen LogP contribution in [0.5, 0.6) is 0 Å². The Labute approximate surface area is 137 Å². The normalized spacial score (nSPS) is 19.8. The van der Waals surface area contributed by atoms with Crippen molar-refractivity contribution in [2.75, 3.05) is 24.5 Å². The quantitative estimate of drug-likeness (QED) is 0.814. The molecule has 2 aromatic rings. The summed E-state index contributed by atoms with van der Waals surface area (Å²) in [6.45, 7) is 4.40. The van der Waals surface area contributed by atoms with E-state index in [1.54, 1.807) is 6.33 Å². The van der Waals surface area contributed by atoms with Crippen molar-refractivity contribution in [3.05, 3.63) is 37.1 Å². The molecule has 23 heavy (non-hydrogen) atoms. The van der Waals surface area contributed by atoms with Gasteiger partial charge in [0.05, 0.1) is 6.54 Å². The van der Waals surface area contributed by atoms with Gasteiger partial charge in [0.15, 0.2) is 0 Å². The minimum atomic E-state index is 0.623. The maximum Gasteiger partial charge on any atom is 0.132 e. The van der Waals surface area contributed by atoms with E-state index >= 15 is 0 Å². The molecule has 2 aromatic heterocycles. The largest absolute Gasteiger partial charge is 0.350 e. The van der Waals surface area contributed by atoms with Crippen LogP contribution in [0.2, 0.25) is 0 Å². The first kappa shape index (κ1) is 14.6. The first-order valence-corrected chi connectivity index (χ1v) is 8.64. The van der Waals surface area contributed by atoms with Gasteiger partial charge in [0, 0.05) is 50.3 Å². The molecule has 0 N–H and O–H groups in total. The Balaban J connectivity index is 1.33. The second-order valence-electron chi connectivity index (χ2n) is 6.55. The highest BCUT2D eigenvalue weighted by Crippen LogP contribution is 2.34. The zero-order valence-corrected chi connectivity index (χ0v) is 13.5. The molecule has 0 aromatic carbocycles. The Hall–Kier alpha value is -1.95. The van der Waals surface area contributed by atoms with Crippen LogP contribution in [0.4, 0.5) is 5.82 Å². The highest BCUT2D eigenvalue weighted by Gasteiger charge is 2.36. The van der Waals surface area contributed by atoms with Crippen molar-refractivity contribution < 1.29 is 0 Å². The molecule has 0 bridgehead atoms. The molecular weight excluding hydrogens is 288 g/mol. The molecule has 0 spiro atoms. The van der Waals surface area contributed by atoms with Crippen molar-refractivity contribution in [2.45, 2.75) is 44.3 Å². The number of hydrogen-bond donors (Lipinski definition) is 0. The summed E-state index contributed by atoms with van der Waals surface area (Å²) >= 11 is 0. The molecule has 1 aliphatic heterocycles. The third-order valence-corrected chi connectivity index (χ3v) is 4.93. The molecule has 0 amide bonds. The first-order valence-electron chi connectivity index (χ1n) is 8.64. The van der Waals surface area contributed by atoms with E-state index in [2.05, 4.69) is 30.9 Å². The van der Waals surface area contributed by atoms with Crippen molar-refractivity contribution in [3.8, 4) is 0 Å². The van der Waals surface area contributed by atoms with E-state index in [1.165, 1.54) is 38.8 Å². The second-order valence-corrected chi connectivity index (χ2v) is 6.55. The van der Waals surface area contributed by atoms with E-state index in [-0.39, 0.29) is 0 Å². The third-order valence-electron chi connectivity index (χ3n) is 4.93. The third kappa shape index (κ3) is 3.52. The zero-order valence-electron chi connectivity index (χ0n) is 13.5. The lowest BCUT2D eigenvalue weighted by atomic mass is 10.0. The van der Waals surface area contributed by atoms with Crippen LogP contribution in [0.15, 0.2) is 37.1 Å². The molecule has 0 radical (unpaired) electrons. The molecule has 2 fully saturated rings. The van der Waals surface area contributed by atoms with Crippen LogP contribution >= 0.6 is 0 Å². The van der Waals surface area contributed by atoms with Gasteiger partial charge in [-0.25, -0.2) is 9.97 Å². The summed E-state index contributed by atoms with van der Waals surface area (Å²) in [7, 11) is 0. The molecule has 1 saturated heterocycles. The van der Waals surface area contributed by atoms with Gasteiger partial charge in [-0.05, 0) is 37.8 Å². The highest BCUT2D eigenvalue weighted by atomic mass is 15.3. The Bertz CT molecular complexity index is 587. The maximum atomic E-state index is 4.49. The summed E-state index contributed by atoms with van der Waals surface area (Å²) in [6.07, 6.45) is 12.5. The van der Waals surface area contributed by atoms with Gasteiger partial charge in [0.2, 0.25) is 0 Å². The summed E-state index contributed by atoms with van der Waals surface area (Å²) in [5.74, 6) is 1.11. The predicted octanol–water partition coefficient (Wildman–Crippen LogP) is 1.81. The standard InChI is InChI=1S/C17H24N6/c1-7-20-22(9-1)13-12-21-10-5-16(6-11-21)23(15-2-3-15)17-4-8-18-14-19-17/h1,4,7-9,14-16H,2-3,5-6,10-13H2. The number of piperidine rings is 1. The van der Waals surface area contributed by atoms with Gasteiger partial charge in [0.1, 0.15) is 12.1 Å². The summed E-state index contributed by atoms with van der Waals surface area (Å²) in [6, 6.07) is 5.37. The fourth-order valence-corrected chi connectivity index (χ4v) is 3.56. The average Bonchev–Trinajstić information content (AvgIpc) is 3.29. The van der Waals surface area contributed by atoms with Crippen molar-refractivity contribution in [3.63, 3.8) is 0 Å². The lowest BCUT2D eigenvalue weighted by molar-refractivity contribution is 0.199. The Morgan fingerprint density at radius 2 is 1.87 bits per heavy atom. The predicted molar refractivity (Wildman–Crippen MR) is 89.2 cm³/mol. The van der Waals surface area contributed by atoms with Gasteiger partial charge in [-0.1, -0.05) is 0 Å². The zero-order chi connectivity index (χ0) is 15.5. The van der Waals surface area contributed by atoms with Crippen LogP contribution in [-0.2, 0) is 6.54 Å². The Morgan fingerprint density at radius 1 is 1.04 bits per heavy atom. The summed E-state index contributed by atoms with van der Waals surface area (Å²) in [5, 5.41) is 4.28. The minimum absolute atomic E-state index is 0.623. The van der Waals surface area contributed by atoms with Gasteiger partial charge in [-0.2, -0.15) is 5.10 Å². The van der Waals surface area contributed by atoms with Crippen LogP contribution < -0.4 is 4.90 Å². The van der Waals surface area contributed by atoms with E-state index in [0.29, 0.717) is 12.1 Å². The molecule has 2 aliphatic rings. The van der Waals surface area contributed by atoms with Gasteiger partial charge in [-0.3, -0.25) is 4.68 Å². The van der Waals surface area contributed by atoms with Crippen molar-refractivity contribution in [1.29, 1.82) is 0 Å². The lowest BCUT2D eigenvalue weighted by Crippen LogP contribution is -2.47. The molecule has 1 saturated carbocycles. The number of anilines is 1. The Morgan fingerprint density at radius 3 is 2.52 bits per heavy atom. The van der Waals surface area contributed by atoms with Crippen LogP contribution in [-0.4, -0.2) is 56.4 Å². The van der Waals surface area contributed by atoms with Crippen LogP contribution in [0.25, 0.3) is 0 Å². The Kier molecular flexibility index (Phi) is 4.24. The van der Waals surface area contributed by atoms with Gasteiger partial charge in [0.25, 0.3) is 0 Å². The molecule has 0 atom stereocenters. The molecule has 4 rings (SSSR count). The number of hydrogen-bond acceptors (Lipinski definition) is 5. The molecule has 3 heterocycles. The van der Waals surface area contributed by atoms with E-state index in [9.17, 15) is 0 Å². The topological polar surface area (TPSA) is 50.1 Å². The minimum Gasteiger partial charge on any atom is -0.350 e. The fourth-order valence-electron chi connectivity index (χ4n) is 3.56. The van der Waals surface area contributed by atoms with Crippen molar-refractivity contribution >= 4 is 5.82 Å². The van der Waals surface area contributed by atoms with E-state index in [0.717, 1.165) is 18.9 Å². The molecule has 6 nitrogen and oxygen atoms in total. The SMILES string of the molecule is c1cnn(CCN2CCC(N(c3ccncn3)C3CC3)CC2)c1. The molecule has 1 aliphatic carbocycles.